The Morgan fingerprint density at radius 1 is 1.41 bits per heavy atom. The normalized spacial score (nSPS) is 26.8. The van der Waals surface area contributed by atoms with Gasteiger partial charge in [-0.3, -0.25) is 9.48 Å². The molecule has 3 aliphatic rings. The summed E-state index contributed by atoms with van der Waals surface area (Å²) in [4.78, 5) is 19.2. The van der Waals surface area contributed by atoms with Gasteiger partial charge in [0, 0.05) is 19.2 Å². The first-order valence-corrected chi connectivity index (χ1v) is 10.1. The van der Waals surface area contributed by atoms with E-state index in [1.165, 1.54) is 0 Å². The lowest BCUT2D eigenvalue weighted by Gasteiger charge is -2.58. The zero-order valence-electron chi connectivity index (χ0n) is 15.7. The van der Waals surface area contributed by atoms with Gasteiger partial charge in [-0.2, -0.15) is 5.10 Å². The van der Waals surface area contributed by atoms with Crippen LogP contribution in [0.4, 0.5) is 0 Å². The van der Waals surface area contributed by atoms with Gasteiger partial charge in [-0.1, -0.05) is 6.07 Å². The molecule has 1 N–H and O–H groups in total. The van der Waals surface area contributed by atoms with Gasteiger partial charge in [0.15, 0.2) is 5.65 Å². The standard InChI is InChI=1S/C20H22N4O2S/c1-12-16-13(18(25)22-20-6-7-26-19(2,10-20)11-20)9-14(15-5-4-8-27-15)21-17(16)24(3)23-12/h4-5,8-9H,6-7,10-11H2,1-3H3,(H,22,25). The van der Waals surface area contributed by atoms with Gasteiger partial charge < -0.3 is 10.1 Å². The number of hydrogen-bond donors (Lipinski definition) is 1. The molecular formula is C20H22N4O2S. The van der Waals surface area contributed by atoms with E-state index in [4.69, 9.17) is 9.72 Å². The third-order valence-corrected chi connectivity index (χ3v) is 6.71. The predicted octanol–water partition coefficient (Wildman–Crippen LogP) is 3.45. The molecule has 7 heteroatoms. The number of aryl methyl sites for hydroxylation is 2. The molecule has 5 heterocycles. The summed E-state index contributed by atoms with van der Waals surface area (Å²) in [5.41, 5.74) is 2.82. The fourth-order valence-electron chi connectivity index (χ4n) is 4.78. The van der Waals surface area contributed by atoms with Crippen LogP contribution in [0.1, 0.15) is 42.2 Å². The van der Waals surface area contributed by atoms with Gasteiger partial charge in [0.25, 0.3) is 5.91 Å². The lowest BCUT2D eigenvalue weighted by molar-refractivity contribution is -0.183. The van der Waals surface area contributed by atoms with Gasteiger partial charge >= 0.3 is 0 Å². The van der Waals surface area contributed by atoms with Crippen LogP contribution in [-0.2, 0) is 11.8 Å². The van der Waals surface area contributed by atoms with Crippen molar-refractivity contribution < 1.29 is 9.53 Å². The maximum Gasteiger partial charge on any atom is 0.252 e. The lowest BCUT2D eigenvalue weighted by Crippen LogP contribution is -2.68. The number of pyridine rings is 1. The molecule has 1 saturated carbocycles. The van der Waals surface area contributed by atoms with Crippen molar-refractivity contribution >= 4 is 28.3 Å². The smallest absolute Gasteiger partial charge is 0.252 e. The van der Waals surface area contributed by atoms with E-state index in [1.54, 1.807) is 16.0 Å². The van der Waals surface area contributed by atoms with Crippen molar-refractivity contribution in [1.82, 2.24) is 20.1 Å². The molecular weight excluding hydrogens is 360 g/mol. The van der Waals surface area contributed by atoms with Crippen molar-refractivity contribution in [2.75, 3.05) is 6.61 Å². The molecule has 1 aliphatic carbocycles. The summed E-state index contributed by atoms with van der Waals surface area (Å²) < 4.78 is 7.59. The van der Waals surface area contributed by atoms with E-state index in [0.29, 0.717) is 12.2 Å². The molecule has 0 spiro atoms. The largest absolute Gasteiger partial charge is 0.375 e. The summed E-state index contributed by atoms with van der Waals surface area (Å²) in [6, 6.07) is 5.93. The summed E-state index contributed by atoms with van der Waals surface area (Å²) in [5.74, 6) is -0.0414. The number of fused-ring (bicyclic) bond motifs is 3. The Balaban J connectivity index is 1.58. The van der Waals surface area contributed by atoms with Gasteiger partial charge in [-0.15, -0.1) is 11.3 Å². The number of nitrogens with zero attached hydrogens (tertiary/aromatic N) is 3. The Morgan fingerprint density at radius 2 is 2.22 bits per heavy atom. The van der Waals surface area contributed by atoms with E-state index in [0.717, 1.165) is 46.6 Å². The predicted molar refractivity (Wildman–Crippen MR) is 105 cm³/mol. The van der Waals surface area contributed by atoms with Crippen molar-refractivity contribution in [3.8, 4) is 10.6 Å². The summed E-state index contributed by atoms with van der Waals surface area (Å²) in [7, 11) is 1.87. The number of carbonyl (C=O) groups is 1. The molecule has 3 aromatic heterocycles. The molecule has 0 radical (unpaired) electrons. The van der Waals surface area contributed by atoms with E-state index in [1.807, 2.05) is 37.6 Å². The average molecular weight is 382 g/mol. The quantitative estimate of drug-likeness (QED) is 0.753. The fourth-order valence-corrected chi connectivity index (χ4v) is 5.47. The van der Waals surface area contributed by atoms with E-state index in [-0.39, 0.29) is 17.0 Å². The first-order valence-electron chi connectivity index (χ1n) is 9.23. The molecule has 27 heavy (non-hydrogen) atoms. The molecule has 2 bridgehead atoms. The number of ether oxygens (including phenoxy) is 1. The molecule has 2 aliphatic heterocycles. The van der Waals surface area contributed by atoms with Crippen molar-refractivity contribution in [1.29, 1.82) is 0 Å². The van der Waals surface area contributed by atoms with Gasteiger partial charge in [0.05, 0.1) is 32.8 Å². The molecule has 3 fully saturated rings. The minimum Gasteiger partial charge on any atom is -0.375 e. The number of amides is 1. The van der Waals surface area contributed by atoms with Gasteiger partial charge in [-0.25, -0.2) is 4.98 Å². The highest BCUT2D eigenvalue weighted by Gasteiger charge is 2.56. The Labute approximate surface area is 161 Å². The van der Waals surface area contributed by atoms with E-state index in [2.05, 4.69) is 17.3 Å². The number of rotatable bonds is 3. The third-order valence-electron chi connectivity index (χ3n) is 5.82. The highest BCUT2D eigenvalue weighted by Crippen LogP contribution is 2.50. The van der Waals surface area contributed by atoms with Crippen molar-refractivity contribution in [3.05, 3.63) is 34.8 Å². The molecule has 2 saturated heterocycles. The van der Waals surface area contributed by atoms with Crippen LogP contribution in [0.5, 0.6) is 0 Å². The van der Waals surface area contributed by atoms with Gasteiger partial charge in [-0.05, 0) is 50.6 Å². The zero-order chi connectivity index (χ0) is 18.8. The van der Waals surface area contributed by atoms with Crippen LogP contribution in [0.3, 0.4) is 0 Å². The van der Waals surface area contributed by atoms with E-state index < -0.39 is 0 Å². The van der Waals surface area contributed by atoms with Crippen LogP contribution in [0.2, 0.25) is 0 Å². The SMILES string of the molecule is Cc1nn(C)c2nc(-c3cccs3)cc(C(=O)NC34CCOC(C)(C3)C4)c12. The second kappa shape index (κ2) is 5.62. The second-order valence-corrected chi connectivity index (χ2v) is 9.02. The van der Waals surface area contributed by atoms with Crippen LogP contribution < -0.4 is 5.32 Å². The second-order valence-electron chi connectivity index (χ2n) is 8.08. The van der Waals surface area contributed by atoms with Crippen LogP contribution in [0.15, 0.2) is 23.6 Å². The van der Waals surface area contributed by atoms with Gasteiger partial charge in [0.2, 0.25) is 0 Å². The lowest BCUT2D eigenvalue weighted by atomic mass is 9.62. The first kappa shape index (κ1) is 16.9. The monoisotopic (exact) mass is 382 g/mol. The topological polar surface area (TPSA) is 69.0 Å². The minimum absolute atomic E-state index is 0.0414. The molecule has 0 unspecified atom stereocenters. The van der Waals surface area contributed by atoms with Crippen molar-refractivity contribution in [2.45, 2.75) is 44.2 Å². The molecule has 140 valence electrons. The molecule has 0 aromatic carbocycles. The van der Waals surface area contributed by atoms with E-state index in [9.17, 15) is 4.79 Å². The van der Waals surface area contributed by atoms with Crippen molar-refractivity contribution in [3.63, 3.8) is 0 Å². The molecule has 6 nitrogen and oxygen atoms in total. The Kier molecular flexibility index (Phi) is 3.52. The molecule has 0 atom stereocenters. The summed E-state index contributed by atoms with van der Waals surface area (Å²) >= 11 is 1.62. The van der Waals surface area contributed by atoms with Crippen LogP contribution in [-0.4, -0.2) is 38.4 Å². The van der Waals surface area contributed by atoms with Crippen molar-refractivity contribution in [2.24, 2.45) is 7.05 Å². The summed E-state index contributed by atoms with van der Waals surface area (Å²) in [6.45, 7) is 4.76. The van der Waals surface area contributed by atoms with E-state index >= 15 is 0 Å². The summed E-state index contributed by atoms with van der Waals surface area (Å²) in [6.07, 6.45) is 2.62. The summed E-state index contributed by atoms with van der Waals surface area (Å²) in [5, 5.41) is 10.7. The van der Waals surface area contributed by atoms with Gasteiger partial charge in [0.1, 0.15) is 0 Å². The molecule has 6 rings (SSSR count). The number of nitrogens with one attached hydrogen (secondary N) is 1. The van der Waals surface area contributed by atoms with Crippen LogP contribution in [0, 0.1) is 6.92 Å². The zero-order valence-corrected chi connectivity index (χ0v) is 16.5. The number of carbonyl (C=O) groups excluding carboxylic acids is 1. The Bertz CT molecular complexity index is 1050. The highest BCUT2D eigenvalue weighted by molar-refractivity contribution is 7.13. The number of thiophene rings is 1. The maximum atomic E-state index is 13.3. The number of hydrogen-bond acceptors (Lipinski definition) is 5. The average Bonchev–Trinajstić information content (AvgIpc) is 3.22. The molecule has 1 amide bonds. The Morgan fingerprint density at radius 3 is 2.93 bits per heavy atom. The fraction of sp³-hybridized carbons (Fsp3) is 0.450. The van der Waals surface area contributed by atoms with Crippen LogP contribution >= 0.6 is 11.3 Å². The Hall–Kier alpha value is -2.25. The maximum absolute atomic E-state index is 13.3. The minimum atomic E-state index is -0.140. The third kappa shape index (κ3) is 2.60. The highest BCUT2D eigenvalue weighted by atomic mass is 32.1. The van der Waals surface area contributed by atoms with Crippen LogP contribution in [0.25, 0.3) is 21.6 Å². The number of aromatic nitrogens is 3. The first-order chi connectivity index (χ1) is 12.9. The molecule has 3 aromatic rings.